The summed E-state index contributed by atoms with van der Waals surface area (Å²) in [6.07, 6.45) is 7.97. The van der Waals surface area contributed by atoms with E-state index in [0.717, 1.165) is 29.2 Å². The minimum Gasteiger partial charge on any atom is -0.306 e. The van der Waals surface area contributed by atoms with Crippen LogP contribution in [0, 0.1) is 6.92 Å². The molecule has 0 amide bonds. The highest BCUT2D eigenvalue weighted by Crippen LogP contribution is 2.26. The van der Waals surface area contributed by atoms with E-state index < -0.39 is 0 Å². The normalized spacial score (nSPS) is 20.6. The van der Waals surface area contributed by atoms with Gasteiger partial charge in [-0.25, -0.2) is 4.98 Å². The van der Waals surface area contributed by atoms with E-state index in [1.54, 1.807) is 0 Å². The topological polar surface area (TPSA) is 57.7 Å². The zero-order chi connectivity index (χ0) is 13.2. The molecule has 100 valence electrons. The molecular weight excluding hydrogens is 238 g/mol. The Kier molecular flexibility index (Phi) is 3.29. The lowest BCUT2D eigenvalue weighted by atomic mass is 9.95. The molecule has 0 spiro atoms. The first-order valence-corrected chi connectivity index (χ1v) is 6.75. The van der Waals surface area contributed by atoms with Gasteiger partial charge in [-0.05, 0) is 33.4 Å². The van der Waals surface area contributed by atoms with Crippen molar-refractivity contribution in [3.05, 3.63) is 30.0 Å². The predicted octanol–water partition coefficient (Wildman–Crippen LogP) is 1.98. The number of hydrogen-bond donors (Lipinski definition) is 1. The van der Waals surface area contributed by atoms with Crippen LogP contribution in [0.2, 0.25) is 0 Å². The molecule has 3 heterocycles. The lowest BCUT2D eigenvalue weighted by molar-refractivity contribution is 0.248. The fraction of sp³-hybridized carbons (Fsp3) is 0.500. The van der Waals surface area contributed by atoms with Crippen molar-refractivity contribution in [2.24, 2.45) is 0 Å². The number of likely N-dealkylation sites (tertiary alicyclic amines) is 1. The van der Waals surface area contributed by atoms with E-state index in [2.05, 4.69) is 27.1 Å². The molecule has 1 fully saturated rings. The molecular formula is C14H19N5. The SMILES string of the molecule is Cc1[nH]ncc1-c1cncc([C@@H]2CCCN(C)C2)n1. The highest BCUT2D eigenvalue weighted by atomic mass is 15.1. The number of piperidine rings is 1. The minimum atomic E-state index is 0.499. The van der Waals surface area contributed by atoms with Crippen LogP contribution in [0.25, 0.3) is 11.3 Å². The summed E-state index contributed by atoms with van der Waals surface area (Å²) >= 11 is 0. The highest BCUT2D eigenvalue weighted by Gasteiger charge is 2.21. The zero-order valence-corrected chi connectivity index (χ0v) is 11.4. The first-order valence-electron chi connectivity index (χ1n) is 6.75. The lowest BCUT2D eigenvalue weighted by Gasteiger charge is -2.29. The Morgan fingerprint density at radius 1 is 1.32 bits per heavy atom. The Labute approximate surface area is 113 Å². The Morgan fingerprint density at radius 2 is 2.21 bits per heavy atom. The predicted molar refractivity (Wildman–Crippen MR) is 73.8 cm³/mol. The number of rotatable bonds is 2. The maximum absolute atomic E-state index is 4.78. The van der Waals surface area contributed by atoms with Gasteiger partial charge in [-0.3, -0.25) is 10.1 Å². The van der Waals surface area contributed by atoms with Crippen molar-refractivity contribution < 1.29 is 0 Å². The van der Waals surface area contributed by atoms with Crippen LogP contribution in [0.3, 0.4) is 0 Å². The van der Waals surface area contributed by atoms with Gasteiger partial charge >= 0.3 is 0 Å². The Morgan fingerprint density at radius 3 is 2.95 bits per heavy atom. The van der Waals surface area contributed by atoms with Gasteiger partial charge in [0.25, 0.3) is 0 Å². The molecule has 1 N–H and O–H groups in total. The van der Waals surface area contributed by atoms with E-state index in [-0.39, 0.29) is 0 Å². The molecule has 0 bridgehead atoms. The molecule has 3 rings (SSSR count). The van der Waals surface area contributed by atoms with Crippen molar-refractivity contribution in [1.29, 1.82) is 0 Å². The average Bonchev–Trinajstić information content (AvgIpc) is 2.85. The van der Waals surface area contributed by atoms with Gasteiger partial charge in [0.15, 0.2) is 0 Å². The molecule has 1 atom stereocenters. The smallest absolute Gasteiger partial charge is 0.0922 e. The van der Waals surface area contributed by atoms with Crippen LogP contribution < -0.4 is 0 Å². The molecule has 0 radical (unpaired) electrons. The van der Waals surface area contributed by atoms with E-state index in [1.165, 1.54) is 19.4 Å². The first-order chi connectivity index (χ1) is 9.24. The van der Waals surface area contributed by atoms with Gasteiger partial charge in [-0.2, -0.15) is 5.10 Å². The van der Waals surface area contributed by atoms with E-state index >= 15 is 0 Å². The van der Waals surface area contributed by atoms with E-state index in [1.807, 2.05) is 25.5 Å². The molecule has 0 aliphatic carbocycles. The van der Waals surface area contributed by atoms with Crippen molar-refractivity contribution in [3.63, 3.8) is 0 Å². The quantitative estimate of drug-likeness (QED) is 0.893. The van der Waals surface area contributed by atoms with Crippen molar-refractivity contribution >= 4 is 0 Å². The minimum absolute atomic E-state index is 0.499. The number of likely N-dealkylation sites (N-methyl/N-ethyl adjacent to an activating group) is 1. The van der Waals surface area contributed by atoms with Gasteiger partial charge < -0.3 is 4.90 Å². The zero-order valence-electron chi connectivity index (χ0n) is 11.4. The summed E-state index contributed by atoms with van der Waals surface area (Å²) in [5.74, 6) is 0.499. The summed E-state index contributed by atoms with van der Waals surface area (Å²) in [7, 11) is 2.17. The fourth-order valence-electron chi connectivity index (χ4n) is 2.72. The second-order valence-electron chi connectivity index (χ2n) is 5.34. The molecule has 1 aliphatic heterocycles. The monoisotopic (exact) mass is 257 g/mol. The number of aryl methyl sites for hydroxylation is 1. The molecule has 0 saturated carbocycles. The van der Waals surface area contributed by atoms with Crippen LogP contribution in [0.15, 0.2) is 18.6 Å². The second-order valence-corrected chi connectivity index (χ2v) is 5.34. The Balaban J connectivity index is 1.90. The summed E-state index contributed by atoms with van der Waals surface area (Å²) < 4.78 is 0. The summed E-state index contributed by atoms with van der Waals surface area (Å²) in [6.45, 7) is 4.26. The third-order valence-corrected chi connectivity index (χ3v) is 3.80. The number of nitrogens with zero attached hydrogens (tertiary/aromatic N) is 4. The number of aromatic nitrogens is 4. The van der Waals surface area contributed by atoms with Crippen LogP contribution in [-0.4, -0.2) is 45.2 Å². The van der Waals surface area contributed by atoms with Crippen LogP contribution >= 0.6 is 0 Å². The summed E-state index contributed by atoms with van der Waals surface area (Å²) in [4.78, 5) is 11.5. The Hall–Kier alpha value is -1.75. The average molecular weight is 257 g/mol. The van der Waals surface area contributed by atoms with E-state index in [9.17, 15) is 0 Å². The van der Waals surface area contributed by atoms with Gasteiger partial charge in [-0.1, -0.05) is 0 Å². The van der Waals surface area contributed by atoms with Crippen LogP contribution in [0.1, 0.15) is 30.1 Å². The Bertz CT molecular complexity index is 562. The van der Waals surface area contributed by atoms with Gasteiger partial charge in [0, 0.05) is 29.9 Å². The number of nitrogens with one attached hydrogen (secondary N) is 1. The molecule has 1 saturated heterocycles. The summed E-state index contributed by atoms with van der Waals surface area (Å²) in [6, 6.07) is 0. The van der Waals surface area contributed by atoms with E-state index in [4.69, 9.17) is 4.98 Å². The molecule has 19 heavy (non-hydrogen) atoms. The third kappa shape index (κ3) is 2.51. The van der Waals surface area contributed by atoms with Crippen molar-refractivity contribution in [1.82, 2.24) is 25.1 Å². The first kappa shape index (κ1) is 12.3. The molecule has 1 aliphatic rings. The van der Waals surface area contributed by atoms with Crippen molar-refractivity contribution in [2.75, 3.05) is 20.1 Å². The molecule has 5 heteroatoms. The van der Waals surface area contributed by atoms with E-state index in [0.29, 0.717) is 5.92 Å². The van der Waals surface area contributed by atoms with Gasteiger partial charge in [0.05, 0.1) is 23.8 Å². The van der Waals surface area contributed by atoms with Crippen LogP contribution in [0.4, 0.5) is 0 Å². The second kappa shape index (κ2) is 5.09. The fourth-order valence-corrected chi connectivity index (χ4v) is 2.72. The molecule has 0 unspecified atom stereocenters. The largest absolute Gasteiger partial charge is 0.306 e. The molecule has 5 nitrogen and oxygen atoms in total. The molecule has 2 aromatic rings. The van der Waals surface area contributed by atoms with Crippen molar-refractivity contribution in [3.8, 4) is 11.3 Å². The van der Waals surface area contributed by atoms with Crippen LogP contribution in [-0.2, 0) is 0 Å². The molecule has 2 aromatic heterocycles. The summed E-state index contributed by atoms with van der Waals surface area (Å²) in [5.41, 5.74) is 4.09. The maximum atomic E-state index is 4.78. The standard InChI is InChI=1S/C14H19N5/c1-10-12(6-16-18-10)14-8-15-7-13(17-14)11-4-3-5-19(2)9-11/h6-8,11H,3-5,9H2,1-2H3,(H,16,18)/t11-/m1/s1. The lowest BCUT2D eigenvalue weighted by Crippen LogP contribution is -2.31. The van der Waals surface area contributed by atoms with Gasteiger partial charge in [-0.15, -0.1) is 0 Å². The number of H-pyrrole nitrogens is 1. The highest BCUT2D eigenvalue weighted by molar-refractivity contribution is 5.59. The van der Waals surface area contributed by atoms with Crippen molar-refractivity contribution in [2.45, 2.75) is 25.7 Å². The third-order valence-electron chi connectivity index (χ3n) is 3.80. The number of aromatic amines is 1. The van der Waals surface area contributed by atoms with Gasteiger partial charge in [0.1, 0.15) is 0 Å². The van der Waals surface area contributed by atoms with Crippen LogP contribution in [0.5, 0.6) is 0 Å². The number of hydrogen-bond acceptors (Lipinski definition) is 4. The summed E-state index contributed by atoms with van der Waals surface area (Å²) in [5, 5.41) is 7.00. The molecule has 0 aromatic carbocycles. The maximum Gasteiger partial charge on any atom is 0.0922 e. The van der Waals surface area contributed by atoms with Gasteiger partial charge in [0.2, 0.25) is 0 Å².